The van der Waals surface area contributed by atoms with Gasteiger partial charge in [-0.25, -0.2) is 9.78 Å². The Balaban J connectivity index is 1.72. The van der Waals surface area contributed by atoms with Crippen LogP contribution in [0.4, 0.5) is 0 Å². The Morgan fingerprint density at radius 1 is 1.37 bits per heavy atom. The highest BCUT2D eigenvalue weighted by molar-refractivity contribution is 5.67. The molecule has 19 heavy (non-hydrogen) atoms. The zero-order valence-electron chi connectivity index (χ0n) is 11.2. The fourth-order valence-electron chi connectivity index (χ4n) is 2.62. The van der Waals surface area contributed by atoms with Crippen molar-refractivity contribution in [3.63, 3.8) is 0 Å². The van der Waals surface area contributed by atoms with Crippen LogP contribution < -0.4 is 5.76 Å². The maximum Gasteiger partial charge on any atom is 0.421 e. The summed E-state index contributed by atoms with van der Waals surface area (Å²) in [5.41, 5.74) is 1.22. The SMILES string of the molecule is CC1CCN(CCn2c(=O)oc3cccnc32)CC1. The molecule has 0 bridgehead atoms. The molecule has 0 N–H and O–H groups in total. The van der Waals surface area contributed by atoms with Crippen LogP contribution in [0.1, 0.15) is 19.8 Å². The van der Waals surface area contributed by atoms with Crippen molar-refractivity contribution in [2.24, 2.45) is 5.92 Å². The molecule has 0 unspecified atom stereocenters. The van der Waals surface area contributed by atoms with E-state index in [1.54, 1.807) is 22.9 Å². The number of oxazole rings is 1. The molecular weight excluding hydrogens is 242 g/mol. The summed E-state index contributed by atoms with van der Waals surface area (Å²) in [5, 5.41) is 0. The summed E-state index contributed by atoms with van der Waals surface area (Å²) in [5.74, 6) is 0.523. The van der Waals surface area contributed by atoms with Gasteiger partial charge in [-0.3, -0.25) is 4.57 Å². The molecule has 1 aliphatic heterocycles. The molecule has 3 rings (SSSR count). The maximum atomic E-state index is 11.8. The molecule has 1 aliphatic rings. The highest BCUT2D eigenvalue weighted by atomic mass is 16.4. The van der Waals surface area contributed by atoms with Gasteiger partial charge in [-0.1, -0.05) is 6.92 Å². The lowest BCUT2D eigenvalue weighted by atomic mass is 9.99. The Labute approximate surface area is 111 Å². The van der Waals surface area contributed by atoms with Crippen molar-refractivity contribution in [3.05, 3.63) is 28.9 Å². The highest BCUT2D eigenvalue weighted by Crippen LogP contribution is 2.16. The second-order valence-electron chi connectivity index (χ2n) is 5.37. The molecule has 0 atom stereocenters. The zero-order valence-corrected chi connectivity index (χ0v) is 11.2. The van der Waals surface area contributed by atoms with Gasteiger partial charge < -0.3 is 9.32 Å². The van der Waals surface area contributed by atoms with E-state index in [1.807, 2.05) is 0 Å². The third-order valence-corrected chi connectivity index (χ3v) is 3.94. The molecule has 0 saturated carbocycles. The number of rotatable bonds is 3. The largest absolute Gasteiger partial charge is 0.421 e. The smallest absolute Gasteiger partial charge is 0.406 e. The number of nitrogens with zero attached hydrogens (tertiary/aromatic N) is 3. The van der Waals surface area contributed by atoms with Gasteiger partial charge in [-0.15, -0.1) is 0 Å². The minimum absolute atomic E-state index is 0.306. The normalized spacial score (nSPS) is 18.2. The minimum atomic E-state index is -0.306. The van der Waals surface area contributed by atoms with Crippen LogP contribution in [-0.2, 0) is 6.54 Å². The van der Waals surface area contributed by atoms with Crippen molar-refractivity contribution >= 4 is 11.2 Å². The van der Waals surface area contributed by atoms with Gasteiger partial charge in [-0.05, 0) is 44.0 Å². The van der Waals surface area contributed by atoms with Gasteiger partial charge in [0.25, 0.3) is 0 Å². The van der Waals surface area contributed by atoms with Crippen molar-refractivity contribution in [2.45, 2.75) is 26.3 Å². The monoisotopic (exact) mass is 261 g/mol. The number of hydrogen-bond acceptors (Lipinski definition) is 4. The van der Waals surface area contributed by atoms with Crippen molar-refractivity contribution < 1.29 is 4.42 Å². The Morgan fingerprint density at radius 3 is 2.95 bits per heavy atom. The van der Waals surface area contributed by atoms with Gasteiger partial charge in [-0.2, -0.15) is 0 Å². The first-order valence-electron chi connectivity index (χ1n) is 6.91. The molecule has 0 radical (unpaired) electrons. The first-order chi connectivity index (χ1) is 9.24. The van der Waals surface area contributed by atoms with E-state index in [0.29, 0.717) is 17.8 Å². The Morgan fingerprint density at radius 2 is 2.16 bits per heavy atom. The fraction of sp³-hybridized carbons (Fsp3) is 0.571. The first kappa shape index (κ1) is 12.4. The predicted molar refractivity (Wildman–Crippen MR) is 73.1 cm³/mol. The zero-order chi connectivity index (χ0) is 13.2. The minimum Gasteiger partial charge on any atom is -0.406 e. The van der Waals surface area contributed by atoms with E-state index in [1.165, 1.54) is 12.8 Å². The maximum absolute atomic E-state index is 11.8. The molecule has 0 aromatic carbocycles. The number of fused-ring (bicyclic) bond motifs is 1. The number of piperidine rings is 1. The van der Waals surface area contributed by atoms with E-state index in [-0.39, 0.29) is 5.76 Å². The van der Waals surface area contributed by atoms with E-state index in [2.05, 4.69) is 16.8 Å². The molecule has 0 amide bonds. The Kier molecular flexibility index (Phi) is 3.38. The van der Waals surface area contributed by atoms with Crippen molar-refractivity contribution in [3.8, 4) is 0 Å². The average molecular weight is 261 g/mol. The van der Waals surface area contributed by atoms with Crippen LogP contribution in [0.25, 0.3) is 11.2 Å². The van der Waals surface area contributed by atoms with Gasteiger partial charge in [0, 0.05) is 19.3 Å². The number of pyridine rings is 1. The van der Waals surface area contributed by atoms with Crippen LogP contribution in [0.15, 0.2) is 27.5 Å². The van der Waals surface area contributed by atoms with E-state index < -0.39 is 0 Å². The second kappa shape index (κ2) is 5.17. The lowest BCUT2D eigenvalue weighted by Gasteiger charge is -2.29. The van der Waals surface area contributed by atoms with Crippen LogP contribution in [0.2, 0.25) is 0 Å². The van der Waals surface area contributed by atoms with Crippen LogP contribution in [0.3, 0.4) is 0 Å². The molecule has 1 saturated heterocycles. The summed E-state index contributed by atoms with van der Waals surface area (Å²) in [6.45, 7) is 6.09. The number of aromatic nitrogens is 2. The van der Waals surface area contributed by atoms with Crippen LogP contribution in [-0.4, -0.2) is 34.1 Å². The van der Waals surface area contributed by atoms with Crippen molar-refractivity contribution in [1.82, 2.24) is 14.5 Å². The number of hydrogen-bond donors (Lipinski definition) is 0. The van der Waals surface area contributed by atoms with Crippen LogP contribution >= 0.6 is 0 Å². The number of likely N-dealkylation sites (tertiary alicyclic amines) is 1. The first-order valence-corrected chi connectivity index (χ1v) is 6.91. The van der Waals surface area contributed by atoms with Crippen LogP contribution in [0, 0.1) is 5.92 Å². The standard InChI is InChI=1S/C14H19N3O2/c1-11-4-7-16(8-5-11)9-10-17-13-12(19-14(17)18)3-2-6-15-13/h2-3,6,11H,4-5,7-10H2,1H3. The summed E-state index contributed by atoms with van der Waals surface area (Å²) >= 11 is 0. The molecule has 5 heteroatoms. The van der Waals surface area contributed by atoms with E-state index in [0.717, 1.165) is 25.6 Å². The molecule has 5 nitrogen and oxygen atoms in total. The van der Waals surface area contributed by atoms with Gasteiger partial charge in [0.2, 0.25) is 0 Å². The summed E-state index contributed by atoms with van der Waals surface area (Å²) in [7, 11) is 0. The van der Waals surface area contributed by atoms with Crippen molar-refractivity contribution in [1.29, 1.82) is 0 Å². The van der Waals surface area contributed by atoms with E-state index in [9.17, 15) is 4.79 Å². The molecule has 102 valence electrons. The molecule has 0 aliphatic carbocycles. The van der Waals surface area contributed by atoms with E-state index in [4.69, 9.17) is 4.42 Å². The van der Waals surface area contributed by atoms with Gasteiger partial charge in [0.15, 0.2) is 11.2 Å². The van der Waals surface area contributed by atoms with Gasteiger partial charge >= 0.3 is 5.76 Å². The summed E-state index contributed by atoms with van der Waals surface area (Å²) in [6, 6.07) is 3.56. The third kappa shape index (κ3) is 2.56. The van der Waals surface area contributed by atoms with Crippen LogP contribution in [0.5, 0.6) is 0 Å². The third-order valence-electron chi connectivity index (χ3n) is 3.94. The summed E-state index contributed by atoms with van der Waals surface area (Å²) in [4.78, 5) is 18.4. The molecule has 2 aromatic heterocycles. The molecule has 3 heterocycles. The van der Waals surface area contributed by atoms with Gasteiger partial charge in [0.05, 0.1) is 0 Å². The second-order valence-corrected chi connectivity index (χ2v) is 5.37. The fourth-order valence-corrected chi connectivity index (χ4v) is 2.62. The average Bonchev–Trinajstić information content (AvgIpc) is 2.74. The lowest BCUT2D eigenvalue weighted by molar-refractivity contribution is 0.185. The quantitative estimate of drug-likeness (QED) is 0.844. The van der Waals surface area contributed by atoms with Gasteiger partial charge in [0.1, 0.15) is 0 Å². The predicted octanol–water partition coefficient (Wildman–Crippen LogP) is 1.72. The highest BCUT2D eigenvalue weighted by Gasteiger charge is 2.16. The lowest BCUT2D eigenvalue weighted by Crippen LogP contribution is -2.36. The Hall–Kier alpha value is -1.62. The Bertz CT molecular complexity index is 608. The summed E-state index contributed by atoms with van der Waals surface area (Å²) in [6.07, 6.45) is 4.19. The molecular formula is C14H19N3O2. The topological polar surface area (TPSA) is 51.3 Å². The molecule has 2 aromatic rings. The summed E-state index contributed by atoms with van der Waals surface area (Å²) < 4.78 is 6.81. The molecule has 1 fully saturated rings. The van der Waals surface area contributed by atoms with E-state index >= 15 is 0 Å². The van der Waals surface area contributed by atoms with Crippen molar-refractivity contribution in [2.75, 3.05) is 19.6 Å². The molecule has 0 spiro atoms.